The standard InChI is InChI=1S/C30H53N3O17/c1-13(38)31-23-21(49-20(8-37)27(42)28(23)43)11-46-10-17-19(7-36)48-22(24(32-14(2)39)29(17)47-5-4-34)12-45-9-16-18(6-35)50-30(44)25(26(16)41)33-15(3)40/h16-30,34-37,41-44H,4-12H2,1-3H3,(H,31,38)(H,32,39)(H,33,40)/t16-,17-,18?,19?,20?,21+,22+,23?,24?,25?,26+,27-,28-,29+,30-/m1/s1. The molecule has 0 radical (unpaired) electrons. The van der Waals surface area contributed by atoms with Crippen molar-refractivity contribution in [3.8, 4) is 0 Å². The molecule has 11 N–H and O–H groups in total. The molecule has 3 rings (SSSR count). The van der Waals surface area contributed by atoms with Crippen molar-refractivity contribution in [2.24, 2.45) is 11.8 Å². The van der Waals surface area contributed by atoms with E-state index in [1.54, 1.807) is 0 Å². The van der Waals surface area contributed by atoms with Crippen LogP contribution in [0.2, 0.25) is 0 Å². The van der Waals surface area contributed by atoms with Crippen LogP contribution in [0.3, 0.4) is 0 Å². The molecule has 20 heteroatoms. The SMILES string of the molecule is CC(=O)NC1[C@H](COC[C@@H]2C(CO)O[C@@H](COC[C@@H]3C(CO)O[C@@H](O)C(NC(C)=O)[C@H]3O)C(NC(C)=O)[C@H]2OCCO)OC(CO)[C@@H](O)[C@@H]1O. The quantitative estimate of drug-likeness (QED) is 0.0664. The summed E-state index contributed by atoms with van der Waals surface area (Å²) in [6.07, 6.45) is -12.0. The highest BCUT2D eigenvalue weighted by molar-refractivity contribution is 5.74. The topological polar surface area (TPSA) is 305 Å². The zero-order valence-corrected chi connectivity index (χ0v) is 28.3. The van der Waals surface area contributed by atoms with E-state index in [0.717, 1.165) is 0 Å². The van der Waals surface area contributed by atoms with Crippen LogP contribution in [0, 0.1) is 11.8 Å². The van der Waals surface area contributed by atoms with E-state index in [1.807, 2.05) is 0 Å². The first-order valence-corrected chi connectivity index (χ1v) is 16.5. The molecule has 0 saturated carbocycles. The lowest BCUT2D eigenvalue weighted by molar-refractivity contribution is -0.249. The lowest BCUT2D eigenvalue weighted by atomic mass is 9.85. The Kier molecular flexibility index (Phi) is 17.1. The third-order valence-corrected chi connectivity index (χ3v) is 8.99. The highest BCUT2D eigenvalue weighted by atomic mass is 16.6. The number of hydrogen-bond acceptors (Lipinski definition) is 17. The normalized spacial score (nSPS) is 39.1. The van der Waals surface area contributed by atoms with Crippen LogP contribution in [0.5, 0.6) is 0 Å². The van der Waals surface area contributed by atoms with Crippen LogP contribution < -0.4 is 16.0 Å². The van der Waals surface area contributed by atoms with Crippen LogP contribution in [0.1, 0.15) is 20.8 Å². The zero-order chi connectivity index (χ0) is 37.1. The van der Waals surface area contributed by atoms with Crippen LogP contribution >= 0.6 is 0 Å². The maximum atomic E-state index is 12.4. The average Bonchev–Trinajstić information content (AvgIpc) is 3.06. The van der Waals surface area contributed by atoms with E-state index in [-0.39, 0.29) is 39.6 Å². The van der Waals surface area contributed by atoms with E-state index in [2.05, 4.69) is 16.0 Å². The molecule has 3 aliphatic heterocycles. The lowest BCUT2D eigenvalue weighted by Gasteiger charge is -2.47. The number of nitrogens with one attached hydrogen (secondary N) is 3. The van der Waals surface area contributed by atoms with Crippen molar-refractivity contribution < 1.29 is 83.7 Å². The molecule has 3 amide bonds. The molecule has 6 unspecified atom stereocenters. The summed E-state index contributed by atoms with van der Waals surface area (Å²) in [7, 11) is 0. The van der Waals surface area contributed by atoms with Crippen molar-refractivity contribution in [2.75, 3.05) is 59.5 Å². The van der Waals surface area contributed by atoms with E-state index < -0.39 is 129 Å². The van der Waals surface area contributed by atoms with Gasteiger partial charge in [0.15, 0.2) is 6.29 Å². The maximum Gasteiger partial charge on any atom is 0.217 e. The Balaban J connectivity index is 1.76. The average molecular weight is 728 g/mol. The van der Waals surface area contributed by atoms with Gasteiger partial charge in [0.25, 0.3) is 0 Å². The summed E-state index contributed by atoms with van der Waals surface area (Å²) in [5.41, 5.74) is 0. The summed E-state index contributed by atoms with van der Waals surface area (Å²) in [4.78, 5) is 35.8. The Morgan fingerprint density at radius 1 is 0.560 bits per heavy atom. The molecule has 0 aliphatic carbocycles. The van der Waals surface area contributed by atoms with Crippen molar-refractivity contribution in [1.29, 1.82) is 0 Å². The van der Waals surface area contributed by atoms with Crippen LogP contribution in [-0.4, -0.2) is 197 Å². The van der Waals surface area contributed by atoms with E-state index in [9.17, 15) is 55.2 Å². The number of aliphatic hydroxyl groups is 8. The summed E-state index contributed by atoms with van der Waals surface area (Å²) < 4.78 is 35.1. The second-order valence-electron chi connectivity index (χ2n) is 12.7. The van der Waals surface area contributed by atoms with Crippen molar-refractivity contribution in [3.63, 3.8) is 0 Å². The van der Waals surface area contributed by atoms with Crippen LogP contribution in [0.25, 0.3) is 0 Å². The van der Waals surface area contributed by atoms with Gasteiger partial charge in [0.2, 0.25) is 17.7 Å². The molecule has 0 aromatic rings. The molecule has 3 saturated heterocycles. The van der Waals surface area contributed by atoms with Gasteiger partial charge in [-0.3, -0.25) is 14.4 Å². The second kappa shape index (κ2) is 20.2. The number of carbonyl (C=O) groups excluding carboxylic acids is 3. The molecule has 3 heterocycles. The summed E-state index contributed by atoms with van der Waals surface area (Å²) in [6, 6.07) is -3.22. The van der Waals surface area contributed by atoms with Gasteiger partial charge in [0.1, 0.15) is 36.6 Å². The van der Waals surface area contributed by atoms with Gasteiger partial charge in [-0.05, 0) is 0 Å². The number of hydrogen-bond donors (Lipinski definition) is 11. The van der Waals surface area contributed by atoms with Crippen molar-refractivity contribution in [2.45, 2.75) is 100 Å². The predicted octanol–water partition coefficient (Wildman–Crippen LogP) is -6.54. The largest absolute Gasteiger partial charge is 0.394 e. The Morgan fingerprint density at radius 2 is 1.04 bits per heavy atom. The Hall–Kier alpha value is -2.15. The summed E-state index contributed by atoms with van der Waals surface area (Å²) >= 11 is 0. The summed E-state index contributed by atoms with van der Waals surface area (Å²) in [6.45, 7) is 0.474. The Labute approximate surface area is 288 Å². The number of aliphatic hydroxyl groups excluding tert-OH is 8. The highest BCUT2D eigenvalue weighted by Crippen LogP contribution is 2.31. The molecule has 0 bridgehead atoms. The van der Waals surface area contributed by atoms with Crippen LogP contribution in [-0.2, 0) is 42.8 Å². The van der Waals surface area contributed by atoms with E-state index in [4.69, 9.17) is 28.4 Å². The van der Waals surface area contributed by atoms with Crippen molar-refractivity contribution in [1.82, 2.24) is 16.0 Å². The van der Waals surface area contributed by atoms with Gasteiger partial charge < -0.3 is 85.2 Å². The zero-order valence-electron chi connectivity index (χ0n) is 28.3. The van der Waals surface area contributed by atoms with Gasteiger partial charge in [-0.2, -0.15) is 0 Å². The maximum absolute atomic E-state index is 12.4. The van der Waals surface area contributed by atoms with Gasteiger partial charge in [0.05, 0.1) is 96.0 Å². The molecular weight excluding hydrogens is 674 g/mol. The summed E-state index contributed by atoms with van der Waals surface area (Å²) in [5.74, 6) is -3.20. The van der Waals surface area contributed by atoms with E-state index in [1.165, 1.54) is 20.8 Å². The fourth-order valence-corrected chi connectivity index (χ4v) is 6.63. The number of amides is 3. The molecule has 3 fully saturated rings. The monoisotopic (exact) mass is 727 g/mol. The first-order valence-electron chi connectivity index (χ1n) is 16.5. The minimum Gasteiger partial charge on any atom is -0.394 e. The minimum atomic E-state index is -1.59. The third-order valence-electron chi connectivity index (χ3n) is 8.99. The second-order valence-corrected chi connectivity index (χ2v) is 12.7. The molecular formula is C30H53N3O17. The number of carbonyl (C=O) groups is 3. The Bertz CT molecular complexity index is 1080. The van der Waals surface area contributed by atoms with Gasteiger partial charge in [-0.25, -0.2) is 0 Å². The molecule has 290 valence electrons. The lowest BCUT2D eigenvalue weighted by Crippen LogP contribution is -2.66. The molecule has 20 nitrogen and oxygen atoms in total. The van der Waals surface area contributed by atoms with Crippen LogP contribution in [0.15, 0.2) is 0 Å². The molecule has 0 aromatic heterocycles. The number of rotatable bonds is 17. The summed E-state index contributed by atoms with van der Waals surface area (Å²) in [5, 5.41) is 89.1. The van der Waals surface area contributed by atoms with Gasteiger partial charge >= 0.3 is 0 Å². The van der Waals surface area contributed by atoms with Crippen LogP contribution in [0.4, 0.5) is 0 Å². The Morgan fingerprint density at radius 3 is 1.58 bits per heavy atom. The van der Waals surface area contributed by atoms with Gasteiger partial charge in [-0.1, -0.05) is 0 Å². The minimum absolute atomic E-state index is 0.168. The molecule has 3 aliphatic rings. The van der Waals surface area contributed by atoms with E-state index >= 15 is 0 Å². The molecule has 50 heavy (non-hydrogen) atoms. The van der Waals surface area contributed by atoms with Crippen molar-refractivity contribution >= 4 is 17.7 Å². The van der Waals surface area contributed by atoms with E-state index in [0.29, 0.717) is 0 Å². The first-order chi connectivity index (χ1) is 23.8. The van der Waals surface area contributed by atoms with Gasteiger partial charge in [0, 0.05) is 32.6 Å². The third kappa shape index (κ3) is 10.9. The smallest absolute Gasteiger partial charge is 0.217 e. The van der Waals surface area contributed by atoms with Crippen molar-refractivity contribution in [3.05, 3.63) is 0 Å². The molecule has 0 spiro atoms. The van der Waals surface area contributed by atoms with Gasteiger partial charge in [-0.15, -0.1) is 0 Å². The highest BCUT2D eigenvalue weighted by Gasteiger charge is 2.49. The molecule has 15 atom stereocenters. The fraction of sp³-hybridized carbons (Fsp3) is 0.900. The first kappa shape index (κ1) is 42.3. The fourth-order valence-electron chi connectivity index (χ4n) is 6.63. The predicted molar refractivity (Wildman–Crippen MR) is 166 cm³/mol. The molecule has 0 aromatic carbocycles. The number of ether oxygens (including phenoxy) is 6.